The summed E-state index contributed by atoms with van der Waals surface area (Å²) in [6.07, 6.45) is 0.314. The molecule has 0 spiro atoms. The van der Waals surface area contributed by atoms with Crippen molar-refractivity contribution in [3.05, 3.63) is 29.8 Å². The number of methoxy groups -OCH3 is 1. The Morgan fingerprint density at radius 3 is 2.95 bits per heavy atom. The van der Waals surface area contributed by atoms with Gasteiger partial charge in [-0.3, -0.25) is 4.90 Å². The maximum absolute atomic E-state index is 5.70. The zero-order valence-electron chi connectivity index (χ0n) is 12.9. The summed E-state index contributed by atoms with van der Waals surface area (Å²) in [6.45, 7) is 7.15. The van der Waals surface area contributed by atoms with Gasteiger partial charge in [-0.25, -0.2) is 0 Å². The third-order valence-corrected chi connectivity index (χ3v) is 4.00. The molecular weight excluding hydrogens is 252 g/mol. The molecule has 112 valence electrons. The van der Waals surface area contributed by atoms with Crippen LogP contribution in [0.4, 0.5) is 0 Å². The lowest BCUT2D eigenvalue weighted by Gasteiger charge is -2.38. The van der Waals surface area contributed by atoms with Crippen molar-refractivity contribution < 1.29 is 9.47 Å². The van der Waals surface area contributed by atoms with Gasteiger partial charge >= 0.3 is 0 Å². The Kier molecular flexibility index (Phi) is 5.40. The summed E-state index contributed by atoms with van der Waals surface area (Å²) >= 11 is 0. The number of ether oxygens (including phenoxy) is 2. The molecule has 1 fully saturated rings. The van der Waals surface area contributed by atoms with Crippen molar-refractivity contribution in [2.24, 2.45) is 0 Å². The van der Waals surface area contributed by atoms with Gasteiger partial charge in [0.1, 0.15) is 5.75 Å². The Balaban J connectivity index is 2.07. The van der Waals surface area contributed by atoms with Crippen LogP contribution in [0.25, 0.3) is 0 Å². The van der Waals surface area contributed by atoms with Gasteiger partial charge in [0.25, 0.3) is 0 Å². The minimum absolute atomic E-state index is 0.304. The van der Waals surface area contributed by atoms with Crippen LogP contribution in [0.2, 0.25) is 0 Å². The van der Waals surface area contributed by atoms with Crippen LogP contribution >= 0.6 is 0 Å². The van der Waals surface area contributed by atoms with Crippen LogP contribution in [0.15, 0.2) is 24.3 Å². The number of morpholine rings is 1. The number of hydrogen-bond acceptors (Lipinski definition) is 4. The first-order chi connectivity index (χ1) is 9.63. The van der Waals surface area contributed by atoms with Crippen molar-refractivity contribution in [1.82, 2.24) is 10.2 Å². The van der Waals surface area contributed by atoms with Gasteiger partial charge in [-0.1, -0.05) is 12.1 Å². The van der Waals surface area contributed by atoms with Crippen LogP contribution in [0.3, 0.4) is 0 Å². The first kappa shape index (κ1) is 15.3. The van der Waals surface area contributed by atoms with E-state index in [2.05, 4.69) is 36.2 Å². The summed E-state index contributed by atoms with van der Waals surface area (Å²) in [4.78, 5) is 2.49. The molecule has 1 N–H and O–H groups in total. The van der Waals surface area contributed by atoms with Crippen molar-refractivity contribution in [3.8, 4) is 5.75 Å². The third kappa shape index (κ3) is 3.72. The Labute approximate surface area is 122 Å². The van der Waals surface area contributed by atoms with Crippen molar-refractivity contribution in [1.29, 1.82) is 0 Å². The molecule has 4 nitrogen and oxygen atoms in total. The van der Waals surface area contributed by atoms with Crippen molar-refractivity contribution >= 4 is 0 Å². The van der Waals surface area contributed by atoms with E-state index in [1.54, 1.807) is 7.11 Å². The normalized spacial score (nSPS) is 25.4. The zero-order chi connectivity index (χ0) is 14.5. The van der Waals surface area contributed by atoms with Gasteiger partial charge < -0.3 is 14.8 Å². The van der Waals surface area contributed by atoms with Crippen molar-refractivity contribution in [2.45, 2.75) is 32.0 Å². The number of nitrogens with one attached hydrogen (secondary N) is 1. The molecule has 20 heavy (non-hydrogen) atoms. The molecule has 1 saturated heterocycles. The SMILES string of the molecule is CNC(CN1CC(C)OCC1C)c1cccc(OC)c1. The van der Waals surface area contributed by atoms with Crippen LogP contribution in [0.1, 0.15) is 25.5 Å². The lowest BCUT2D eigenvalue weighted by Crippen LogP contribution is -2.49. The Morgan fingerprint density at radius 1 is 1.45 bits per heavy atom. The van der Waals surface area contributed by atoms with E-state index in [0.29, 0.717) is 18.2 Å². The van der Waals surface area contributed by atoms with Crippen molar-refractivity contribution in [3.63, 3.8) is 0 Å². The molecule has 1 aliphatic heterocycles. The molecule has 1 aromatic rings. The molecule has 0 bridgehead atoms. The van der Waals surface area contributed by atoms with Crippen LogP contribution in [0.5, 0.6) is 5.75 Å². The molecule has 4 heteroatoms. The highest BCUT2D eigenvalue weighted by Crippen LogP contribution is 2.22. The fraction of sp³-hybridized carbons (Fsp3) is 0.625. The lowest BCUT2D eigenvalue weighted by atomic mass is 10.0. The van der Waals surface area contributed by atoms with Gasteiger partial charge in [-0.15, -0.1) is 0 Å². The predicted octanol–water partition coefficient (Wildman–Crippen LogP) is 2.06. The summed E-state index contributed by atoms with van der Waals surface area (Å²) in [5.74, 6) is 0.908. The average molecular weight is 278 g/mol. The molecule has 3 atom stereocenters. The van der Waals surface area contributed by atoms with E-state index in [-0.39, 0.29) is 0 Å². The monoisotopic (exact) mass is 278 g/mol. The lowest BCUT2D eigenvalue weighted by molar-refractivity contribution is -0.0519. The minimum Gasteiger partial charge on any atom is -0.497 e. The second-order valence-corrected chi connectivity index (χ2v) is 5.56. The smallest absolute Gasteiger partial charge is 0.119 e. The van der Waals surface area contributed by atoms with Gasteiger partial charge in [-0.05, 0) is 38.6 Å². The zero-order valence-corrected chi connectivity index (χ0v) is 12.9. The summed E-state index contributed by atoms with van der Waals surface area (Å²) in [6, 6.07) is 9.05. The van der Waals surface area contributed by atoms with Crippen LogP contribution in [0, 0.1) is 0 Å². The predicted molar refractivity (Wildman–Crippen MR) is 81.2 cm³/mol. The summed E-state index contributed by atoms with van der Waals surface area (Å²) in [7, 11) is 3.72. The molecule has 1 aromatic carbocycles. The molecule has 2 rings (SSSR count). The average Bonchev–Trinajstić information content (AvgIpc) is 2.48. The summed E-state index contributed by atoms with van der Waals surface area (Å²) in [5, 5.41) is 3.41. The van der Waals surface area contributed by atoms with Crippen molar-refractivity contribution in [2.75, 3.05) is 33.9 Å². The summed E-state index contributed by atoms with van der Waals surface area (Å²) < 4.78 is 11.0. The second-order valence-electron chi connectivity index (χ2n) is 5.56. The van der Waals surface area contributed by atoms with E-state index >= 15 is 0 Å². The second kappa shape index (κ2) is 7.07. The fourth-order valence-corrected chi connectivity index (χ4v) is 2.68. The maximum Gasteiger partial charge on any atom is 0.119 e. The maximum atomic E-state index is 5.70. The molecule has 1 heterocycles. The number of rotatable bonds is 5. The molecule has 0 saturated carbocycles. The first-order valence-corrected chi connectivity index (χ1v) is 7.31. The van der Waals surface area contributed by atoms with Gasteiger partial charge in [0.15, 0.2) is 0 Å². The molecule has 3 unspecified atom stereocenters. The molecule has 0 radical (unpaired) electrons. The Hall–Kier alpha value is -1.10. The highest BCUT2D eigenvalue weighted by molar-refractivity contribution is 5.30. The quantitative estimate of drug-likeness (QED) is 0.894. The first-order valence-electron chi connectivity index (χ1n) is 7.31. The van der Waals surface area contributed by atoms with E-state index in [1.165, 1.54) is 5.56 Å². The van der Waals surface area contributed by atoms with E-state index in [1.807, 2.05) is 19.2 Å². The highest BCUT2D eigenvalue weighted by Gasteiger charge is 2.25. The van der Waals surface area contributed by atoms with Gasteiger partial charge in [-0.2, -0.15) is 0 Å². The van der Waals surface area contributed by atoms with E-state index < -0.39 is 0 Å². The van der Waals surface area contributed by atoms with E-state index in [9.17, 15) is 0 Å². The highest BCUT2D eigenvalue weighted by atomic mass is 16.5. The van der Waals surface area contributed by atoms with E-state index in [4.69, 9.17) is 9.47 Å². The number of likely N-dealkylation sites (N-methyl/N-ethyl adjacent to an activating group) is 1. The topological polar surface area (TPSA) is 33.7 Å². The molecular formula is C16H26N2O2. The van der Waals surface area contributed by atoms with Crippen LogP contribution < -0.4 is 10.1 Å². The van der Waals surface area contributed by atoms with Gasteiger partial charge in [0.2, 0.25) is 0 Å². The third-order valence-electron chi connectivity index (χ3n) is 4.00. The number of benzene rings is 1. The number of hydrogen-bond donors (Lipinski definition) is 1. The van der Waals surface area contributed by atoms with Gasteiger partial charge in [0.05, 0.1) is 19.8 Å². The van der Waals surface area contributed by atoms with Crippen LogP contribution in [-0.4, -0.2) is 50.9 Å². The van der Waals surface area contributed by atoms with Gasteiger partial charge in [0, 0.05) is 25.2 Å². The molecule has 0 amide bonds. The number of nitrogens with zero attached hydrogens (tertiary/aromatic N) is 1. The molecule has 0 aliphatic carbocycles. The largest absolute Gasteiger partial charge is 0.497 e. The van der Waals surface area contributed by atoms with E-state index in [0.717, 1.165) is 25.4 Å². The standard InChI is InChI=1S/C16H26N2O2/c1-12-11-20-13(2)9-18(12)10-16(17-3)14-6-5-7-15(8-14)19-4/h5-8,12-13,16-17H,9-11H2,1-4H3. The molecule has 0 aromatic heterocycles. The Morgan fingerprint density at radius 2 is 2.25 bits per heavy atom. The fourth-order valence-electron chi connectivity index (χ4n) is 2.68. The Bertz CT molecular complexity index is 425. The summed E-state index contributed by atoms with van der Waals surface area (Å²) in [5.41, 5.74) is 1.26. The minimum atomic E-state index is 0.304. The van der Waals surface area contributed by atoms with Crippen LogP contribution in [-0.2, 0) is 4.74 Å². The molecule has 1 aliphatic rings.